The molecule has 0 unspecified atom stereocenters. The predicted molar refractivity (Wildman–Crippen MR) is 84.8 cm³/mol. The molecule has 0 spiro atoms. The number of aliphatic hydroxyl groups is 1. The maximum absolute atomic E-state index is 12.4. The van der Waals surface area contributed by atoms with Crippen molar-refractivity contribution >= 4 is 10.0 Å². The van der Waals surface area contributed by atoms with Crippen molar-refractivity contribution in [1.29, 1.82) is 0 Å². The fourth-order valence-corrected chi connectivity index (χ4v) is 3.45. The lowest BCUT2D eigenvalue weighted by Crippen LogP contribution is -2.10. The van der Waals surface area contributed by atoms with Gasteiger partial charge in [-0.15, -0.1) is 0 Å². The van der Waals surface area contributed by atoms with Crippen LogP contribution in [0.2, 0.25) is 0 Å². The third-order valence-corrected chi connectivity index (χ3v) is 5.12. The Morgan fingerprint density at radius 1 is 0.864 bits per heavy atom. The van der Waals surface area contributed by atoms with Crippen LogP contribution in [0.15, 0.2) is 78.0 Å². The molecule has 0 radical (unpaired) electrons. The Labute approximate surface area is 129 Å². The zero-order valence-electron chi connectivity index (χ0n) is 11.8. The molecule has 0 saturated carbocycles. The maximum Gasteiger partial charge on any atom is 0.267 e. The SMILES string of the molecule is O=S(=O)(c1ccc(-c2cccc(CO)c2)cc1)n1cccc1. The zero-order valence-corrected chi connectivity index (χ0v) is 12.6. The molecule has 3 rings (SSSR count). The lowest BCUT2D eigenvalue weighted by atomic mass is 10.0. The topological polar surface area (TPSA) is 59.3 Å². The molecular weight excluding hydrogens is 298 g/mol. The van der Waals surface area contributed by atoms with Crippen LogP contribution in [0.3, 0.4) is 0 Å². The van der Waals surface area contributed by atoms with Crippen LogP contribution in [0.1, 0.15) is 5.56 Å². The van der Waals surface area contributed by atoms with E-state index in [1.807, 2.05) is 24.3 Å². The Kier molecular flexibility index (Phi) is 3.83. The van der Waals surface area contributed by atoms with Gasteiger partial charge in [0.25, 0.3) is 10.0 Å². The van der Waals surface area contributed by atoms with Gasteiger partial charge in [0.1, 0.15) is 0 Å². The first kappa shape index (κ1) is 14.6. The zero-order chi connectivity index (χ0) is 15.6. The second-order valence-corrected chi connectivity index (χ2v) is 6.74. The average Bonchev–Trinajstić information content (AvgIpc) is 3.10. The van der Waals surface area contributed by atoms with Crippen LogP contribution in [0, 0.1) is 0 Å². The summed E-state index contributed by atoms with van der Waals surface area (Å²) in [5, 5.41) is 9.18. The molecule has 3 aromatic rings. The van der Waals surface area contributed by atoms with Gasteiger partial charge < -0.3 is 5.11 Å². The molecule has 0 aliphatic rings. The molecule has 0 aliphatic heterocycles. The summed E-state index contributed by atoms with van der Waals surface area (Å²) in [4.78, 5) is 0.241. The van der Waals surface area contributed by atoms with Gasteiger partial charge >= 0.3 is 0 Å². The number of rotatable bonds is 4. The molecule has 0 saturated heterocycles. The van der Waals surface area contributed by atoms with Crippen molar-refractivity contribution in [3.63, 3.8) is 0 Å². The third-order valence-electron chi connectivity index (χ3n) is 3.45. The number of nitrogens with zero attached hydrogens (tertiary/aromatic N) is 1. The van der Waals surface area contributed by atoms with Gasteiger partial charge in [0, 0.05) is 12.4 Å². The Morgan fingerprint density at radius 3 is 2.18 bits per heavy atom. The second kappa shape index (κ2) is 5.79. The monoisotopic (exact) mass is 313 g/mol. The number of hydrogen-bond donors (Lipinski definition) is 1. The molecule has 1 heterocycles. The van der Waals surface area contributed by atoms with Crippen LogP contribution >= 0.6 is 0 Å². The van der Waals surface area contributed by atoms with Crippen LogP contribution < -0.4 is 0 Å². The molecule has 2 aromatic carbocycles. The molecule has 1 N–H and O–H groups in total. The summed E-state index contributed by atoms with van der Waals surface area (Å²) in [6, 6.07) is 17.6. The molecule has 0 amide bonds. The van der Waals surface area contributed by atoms with Gasteiger partial charge in [-0.1, -0.05) is 30.3 Å². The van der Waals surface area contributed by atoms with Crippen molar-refractivity contribution in [1.82, 2.24) is 3.97 Å². The summed E-state index contributed by atoms with van der Waals surface area (Å²) in [6.45, 7) is -0.0199. The molecule has 0 atom stereocenters. The van der Waals surface area contributed by atoms with E-state index >= 15 is 0 Å². The molecule has 4 nitrogen and oxygen atoms in total. The number of aliphatic hydroxyl groups excluding tert-OH is 1. The van der Waals surface area contributed by atoms with E-state index in [0.29, 0.717) is 0 Å². The maximum atomic E-state index is 12.4. The Morgan fingerprint density at radius 2 is 1.55 bits per heavy atom. The standard InChI is InChI=1S/C17H15NO3S/c19-13-14-4-3-5-16(12-14)15-6-8-17(9-7-15)22(20,21)18-10-1-2-11-18/h1-12,19H,13H2. The highest BCUT2D eigenvalue weighted by Gasteiger charge is 2.15. The molecule has 0 fully saturated rings. The van der Waals surface area contributed by atoms with Crippen LogP contribution in [0.4, 0.5) is 0 Å². The minimum Gasteiger partial charge on any atom is -0.392 e. The van der Waals surface area contributed by atoms with Crippen molar-refractivity contribution < 1.29 is 13.5 Å². The summed E-state index contributed by atoms with van der Waals surface area (Å²) in [7, 11) is -3.53. The molecule has 112 valence electrons. The number of aromatic nitrogens is 1. The Balaban J connectivity index is 1.96. The van der Waals surface area contributed by atoms with Crippen LogP contribution in [-0.2, 0) is 16.6 Å². The lowest BCUT2D eigenvalue weighted by molar-refractivity contribution is 0.282. The smallest absolute Gasteiger partial charge is 0.267 e. The first-order chi connectivity index (χ1) is 10.6. The van der Waals surface area contributed by atoms with E-state index in [4.69, 9.17) is 0 Å². The van der Waals surface area contributed by atoms with Gasteiger partial charge in [0.2, 0.25) is 0 Å². The second-order valence-electron chi connectivity index (χ2n) is 4.90. The molecule has 0 bridgehead atoms. The fourth-order valence-electron chi connectivity index (χ4n) is 2.27. The molecule has 0 aliphatic carbocycles. The Hall–Kier alpha value is -2.37. The fraction of sp³-hybridized carbons (Fsp3) is 0.0588. The van der Waals surface area contributed by atoms with Gasteiger partial charge in [0.15, 0.2) is 0 Å². The summed E-state index contributed by atoms with van der Waals surface area (Å²) in [6.07, 6.45) is 3.02. The summed E-state index contributed by atoms with van der Waals surface area (Å²) in [5.74, 6) is 0. The van der Waals surface area contributed by atoms with Gasteiger partial charge in [-0.05, 0) is 47.0 Å². The van der Waals surface area contributed by atoms with Crippen LogP contribution in [0.25, 0.3) is 11.1 Å². The van der Waals surface area contributed by atoms with Gasteiger partial charge in [-0.3, -0.25) is 0 Å². The normalized spacial score (nSPS) is 11.5. The molecule has 5 heteroatoms. The highest BCUT2D eigenvalue weighted by atomic mass is 32.2. The minimum absolute atomic E-state index is 0.0199. The van der Waals surface area contributed by atoms with Crippen molar-refractivity contribution in [2.45, 2.75) is 11.5 Å². The van der Waals surface area contributed by atoms with Gasteiger partial charge in [-0.2, -0.15) is 0 Å². The van der Waals surface area contributed by atoms with E-state index in [-0.39, 0.29) is 11.5 Å². The van der Waals surface area contributed by atoms with Crippen molar-refractivity contribution in [2.24, 2.45) is 0 Å². The highest BCUT2D eigenvalue weighted by molar-refractivity contribution is 7.90. The molecule has 1 aromatic heterocycles. The van der Waals surface area contributed by atoms with E-state index in [0.717, 1.165) is 16.7 Å². The minimum atomic E-state index is -3.53. The van der Waals surface area contributed by atoms with E-state index < -0.39 is 10.0 Å². The van der Waals surface area contributed by atoms with E-state index in [1.165, 1.54) is 16.4 Å². The van der Waals surface area contributed by atoms with Gasteiger partial charge in [-0.25, -0.2) is 12.4 Å². The first-order valence-corrected chi connectivity index (χ1v) is 8.24. The summed E-state index contributed by atoms with van der Waals surface area (Å²) >= 11 is 0. The first-order valence-electron chi connectivity index (χ1n) is 6.80. The summed E-state index contributed by atoms with van der Waals surface area (Å²) < 4.78 is 25.9. The summed E-state index contributed by atoms with van der Waals surface area (Å²) in [5.41, 5.74) is 2.67. The molecular formula is C17H15NO3S. The quantitative estimate of drug-likeness (QED) is 0.805. The largest absolute Gasteiger partial charge is 0.392 e. The predicted octanol–water partition coefficient (Wildman–Crippen LogP) is 2.88. The van der Waals surface area contributed by atoms with E-state index in [9.17, 15) is 13.5 Å². The van der Waals surface area contributed by atoms with Crippen LogP contribution in [0.5, 0.6) is 0 Å². The van der Waals surface area contributed by atoms with Crippen LogP contribution in [-0.4, -0.2) is 17.5 Å². The van der Waals surface area contributed by atoms with Crippen molar-refractivity contribution in [3.05, 3.63) is 78.6 Å². The van der Waals surface area contributed by atoms with E-state index in [1.54, 1.807) is 36.4 Å². The lowest BCUT2D eigenvalue weighted by Gasteiger charge is -2.08. The average molecular weight is 313 g/mol. The van der Waals surface area contributed by atoms with Gasteiger partial charge in [0.05, 0.1) is 11.5 Å². The van der Waals surface area contributed by atoms with Crippen molar-refractivity contribution in [3.8, 4) is 11.1 Å². The highest BCUT2D eigenvalue weighted by Crippen LogP contribution is 2.23. The third kappa shape index (κ3) is 2.68. The Bertz CT molecular complexity index is 867. The number of benzene rings is 2. The van der Waals surface area contributed by atoms with E-state index in [2.05, 4.69) is 0 Å². The number of hydrogen-bond acceptors (Lipinski definition) is 3. The van der Waals surface area contributed by atoms with Crippen molar-refractivity contribution in [2.75, 3.05) is 0 Å². The molecule has 22 heavy (non-hydrogen) atoms.